The van der Waals surface area contributed by atoms with Crippen molar-refractivity contribution in [2.45, 2.75) is 0 Å². The average Bonchev–Trinajstić information content (AvgIpc) is 2.96. The van der Waals surface area contributed by atoms with Crippen LogP contribution in [-0.2, 0) is 0 Å². The van der Waals surface area contributed by atoms with Crippen molar-refractivity contribution in [3.63, 3.8) is 0 Å². The van der Waals surface area contributed by atoms with Gasteiger partial charge in [-0.25, -0.2) is 4.63 Å². The molecule has 22 heavy (non-hydrogen) atoms. The highest BCUT2D eigenvalue weighted by Gasteiger charge is 2.20. The van der Waals surface area contributed by atoms with E-state index in [0.717, 1.165) is 5.69 Å². The van der Waals surface area contributed by atoms with Crippen LogP contribution in [0.15, 0.2) is 41.0 Å². The normalized spacial score (nSPS) is 10.6. The Morgan fingerprint density at radius 2 is 1.86 bits per heavy atom. The van der Waals surface area contributed by atoms with E-state index < -0.39 is 4.92 Å². The van der Waals surface area contributed by atoms with Gasteiger partial charge in [0.05, 0.1) is 4.92 Å². The molecule has 0 fully saturated rings. The fourth-order valence-electron chi connectivity index (χ4n) is 2.10. The Bertz CT molecular complexity index is 826. The maximum Gasteiger partial charge on any atom is 0.295 e. The molecule has 0 saturated heterocycles. The van der Waals surface area contributed by atoms with Gasteiger partial charge in [0.25, 0.3) is 5.69 Å². The molecule has 0 bridgehead atoms. The summed E-state index contributed by atoms with van der Waals surface area (Å²) in [4.78, 5) is 12.7. The zero-order valence-electron chi connectivity index (χ0n) is 12.0. The Morgan fingerprint density at radius 1 is 1.14 bits per heavy atom. The molecule has 8 nitrogen and oxygen atoms in total. The minimum absolute atomic E-state index is 0.0834. The molecule has 2 aromatic carbocycles. The number of aromatic nitrogens is 2. The van der Waals surface area contributed by atoms with Crippen LogP contribution in [0.3, 0.4) is 0 Å². The fraction of sp³-hybridized carbons (Fsp3) is 0.143. The Morgan fingerprint density at radius 3 is 2.50 bits per heavy atom. The van der Waals surface area contributed by atoms with Crippen molar-refractivity contribution in [1.82, 2.24) is 10.3 Å². The van der Waals surface area contributed by atoms with Gasteiger partial charge in [-0.3, -0.25) is 10.1 Å². The maximum atomic E-state index is 11.2. The lowest BCUT2D eigenvalue weighted by molar-refractivity contribution is -0.383. The van der Waals surface area contributed by atoms with Crippen LogP contribution in [0.5, 0.6) is 0 Å². The standard InChI is InChI=1S/C14H13N5O3/c1-18(2)10-5-3-9(4-6-10)15-14-12(19(20)21)8-7-11-13(14)17-22-16-11/h3-8,15H,1-2H3. The zero-order chi connectivity index (χ0) is 15.7. The van der Waals surface area contributed by atoms with Gasteiger partial charge >= 0.3 is 0 Å². The lowest BCUT2D eigenvalue weighted by Gasteiger charge is -2.13. The van der Waals surface area contributed by atoms with Gasteiger partial charge in [0.2, 0.25) is 0 Å². The first kappa shape index (κ1) is 13.8. The molecule has 0 unspecified atom stereocenters. The first-order valence-corrected chi connectivity index (χ1v) is 6.50. The first-order valence-electron chi connectivity index (χ1n) is 6.50. The number of nitro groups is 1. The quantitative estimate of drug-likeness (QED) is 0.584. The summed E-state index contributed by atoms with van der Waals surface area (Å²) in [6.45, 7) is 0. The molecular weight excluding hydrogens is 286 g/mol. The van der Waals surface area contributed by atoms with Crippen molar-refractivity contribution in [1.29, 1.82) is 0 Å². The van der Waals surface area contributed by atoms with E-state index in [1.165, 1.54) is 12.1 Å². The van der Waals surface area contributed by atoms with Gasteiger partial charge in [0.1, 0.15) is 11.2 Å². The van der Waals surface area contributed by atoms with Crippen LogP contribution in [0.25, 0.3) is 11.0 Å². The van der Waals surface area contributed by atoms with Gasteiger partial charge in [-0.2, -0.15) is 0 Å². The predicted molar refractivity (Wildman–Crippen MR) is 82.5 cm³/mol. The molecule has 1 heterocycles. The minimum Gasteiger partial charge on any atom is -0.378 e. The summed E-state index contributed by atoms with van der Waals surface area (Å²) in [5.74, 6) is 0. The highest BCUT2D eigenvalue weighted by atomic mass is 16.6. The molecular formula is C14H13N5O3. The van der Waals surface area contributed by atoms with Crippen molar-refractivity contribution >= 4 is 33.8 Å². The van der Waals surface area contributed by atoms with Gasteiger partial charge < -0.3 is 10.2 Å². The van der Waals surface area contributed by atoms with Crippen molar-refractivity contribution in [2.24, 2.45) is 0 Å². The highest BCUT2D eigenvalue weighted by molar-refractivity contribution is 5.94. The number of nitrogens with zero attached hydrogens (tertiary/aromatic N) is 4. The molecule has 112 valence electrons. The van der Waals surface area contributed by atoms with E-state index in [4.69, 9.17) is 0 Å². The molecule has 0 saturated carbocycles. The van der Waals surface area contributed by atoms with Gasteiger partial charge in [-0.05, 0) is 40.6 Å². The molecule has 0 radical (unpaired) electrons. The lowest BCUT2D eigenvalue weighted by atomic mass is 10.2. The zero-order valence-corrected chi connectivity index (χ0v) is 12.0. The van der Waals surface area contributed by atoms with Gasteiger partial charge in [0, 0.05) is 31.5 Å². The summed E-state index contributed by atoms with van der Waals surface area (Å²) in [5.41, 5.74) is 2.70. The van der Waals surface area contributed by atoms with Crippen LogP contribution in [-0.4, -0.2) is 29.3 Å². The topological polar surface area (TPSA) is 97.3 Å². The van der Waals surface area contributed by atoms with Crippen molar-refractivity contribution < 1.29 is 9.55 Å². The van der Waals surface area contributed by atoms with E-state index in [2.05, 4.69) is 20.3 Å². The Hall–Kier alpha value is -3.16. The van der Waals surface area contributed by atoms with Crippen molar-refractivity contribution in [3.05, 3.63) is 46.5 Å². The van der Waals surface area contributed by atoms with Crippen LogP contribution >= 0.6 is 0 Å². The number of benzene rings is 2. The largest absolute Gasteiger partial charge is 0.378 e. The molecule has 0 aliphatic heterocycles. The third kappa shape index (κ3) is 2.41. The Kier molecular flexibility index (Phi) is 3.34. The van der Waals surface area contributed by atoms with Crippen LogP contribution in [0.2, 0.25) is 0 Å². The molecule has 1 N–H and O–H groups in total. The molecule has 0 aliphatic carbocycles. The Labute approximate surface area is 125 Å². The molecule has 0 atom stereocenters. The third-order valence-electron chi connectivity index (χ3n) is 3.26. The van der Waals surface area contributed by atoms with Crippen LogP contribution in [0.1, 0.15) is 0 Å². The van der Waals surface area contributed by atoms with Crippen molar-refractivity contribution in [3.8, 4) is 0 Å². The smallest absolute Gasteiger partial charge is 0.295 e. The number of fused-ring (bicyclic) bond motifs is 1. The fourth-order valence-corrected chi connectivity index (χ4v) is 2.10. The summed E-state index contributed by atoms with van der Waals surface area (Å²) in [7, 11) is 3.88. The van der Waals surface area contributed by atoms with E-state index in [-0.39, 0.29) is 11.4 Å². The summed E-state index contributed by atoms with van der Waals surface area (Å²) in [6.07, 6.45) is 0. The van der Waals surface area contributed by atoms with E-state index in [0.29, 0.717) is 16.7 Å². The minimum atomic E-state index is -0.468. The summed E-state index contributed by atoms with van der Waals surface area (Å²) in [5, 5.41) is 21.7. The SMILES string of the molecule is CN(C)c1ccc(Nc2c([N+](=O)[O-])ccc3nonc23)cc1. The molecule has 3 rings (SSSR count). The van der Waals surface area contributed by atoms with E-state index in [1.807, 2.05) is 43.3 Å². The van der Waals surface area contributed by atoms with Gasteiger partial charge in [0.15, 0.2) is 5.52 Å². The van der Waals surface area contributed by atoms with Crippen molar-refractivity contribution in [2.75, 3.05) is 24.3 Å². The second kappa shape index (κ2) is 5.32. The summed E-state index contributed by atoms with van der Waals surface area (Å²) in [6, 6.07) is 10.4. The molecule has 3 aromatic rings. The van der Waals surface area contributed by atoms with Crippen LogP contribution in [0, 0.1) is 10.1 Å². The number of nitrogens with one attached hydrogen (secondary N) is 1. The number of anilines is 3. The lowest BCUT2D eigenvalue weighted by Crippen LogP contribution is -2.08. The van der Waals surface area contributed by atoms with E-state index in [1.54, 1.807) is 0 Å². The third-order valence-corrected chi connectivity index (χ3v) is 3.26. The summed E-state index contributed by atoms with van der Waals surface area (Å²) >= 11 is 0. The van der Waals surface area contributed by atoms with Crippen LogP contribution in [0.4, 0.5) is 22.7 Å². The molecule has 8 heteroatoms. The second-order valence-corrected chi connectivity index (χ2v) is 4.92. The molecule has 0 spiro atoms. The molecule has 0 aliphatic rings. The van der Waals surface area contributed by atoms with Gasteiger partial charge in [-0.15, -0.1) is 0 Å². The second-order valence-electron chi connectivity index (χ2n) is 4.92. The first-order chi connectivity index (χ1) is 10.6. The van der Waals surface area contributed by atoms with E-state index in [9.17, 15) is 10.1 Å². The summed E-state index contributed by atoms with van der Waals surface area (Å²) < 4.78 is 4.66. The highest BCUT2D eigenvalue weighted by Crippen LogP contribution is 2.33. The predicted octanol–water partition coefficient (Wildman–Crippen LogP) is 2.94. The average molecular weight is 299 g/mol. The number of hydrogen-bond acceptors (Lipinski definition) is 7. The maximum absolute atomic E-state index is 11.2. The Balaban J connectivity index is 2.03. The van der Waals surface area contributed by atoms with Gasteiger partial charge in [-0.1, -0.05) is 0 Å². The van der Waals surface area contributed by atoms with Crippen LogP contribution < -0.4 is 10.2 Å². The number of nitro benzene ring substituents is 1. The molecule has 0 amide bonds. The van der Waals surface area contributed by atoms with E-state index >= 15 is 0 Å². The molecule has 1 aromatic heterocycles. The monoisotopic (exact) mass is 299 g/mol. The number of rotatable bonds is 4. The number of hydrogen-bond donors (Lipinski definition) is 1.